The Morgan fingerprint density at radius 2 is 1.81 bits per heavy atom. The van der Waals surface area contributed by atoms with Crippen molar-refractivity contribution in [1.29, 1.82) is 0 Å². The summed E-state index contributed by atoms with van der Waals surface area (Å²) in [5.41, 5.74) is 7.32. The van der Waals surface area contributed by atoms with E-state index in [9.17, 15) is 13.2 Å². The molecule has 1 amide bonds. The first-order chi connectivity index (χ1) is 17.4. The van der Waals surface area contributed by atoms with Crippen LogP contribution in [0.4, 0.5) is 11.6 Å². The highest BCUT2D eigenvalue weighted by molar-refractivity contribution is 7.90. The Morgan fingerprint density at radius 1 is 1.08 bits per heavy atom. The highest BCUT2D eigenvalue weighted by atomic mass is 32.2. The van der Waals surface area contributed by atoms with Crippen LogP contribution in [0.2, 0.25) is 0 Å². The highest BCUT2D eigenvalue weighted by Crippen LogP contribution is 2.34. The number of hydrogen-bond acceptors (Lipinski definition) is 9. The van der Waals surface area contributed by atoms with Gasteiger partial charge in [-0.2, -0.15) is 8.42 Å². The van der Waals surface area contributed by atoms with Crippen LogP contribution >= 0.6 is 0 Å². The molecule has 1 aliphatic rings. The molecule has 3 aromatic heterocycles. The quantitative estimate of drug-likeness (QED) is 0.474. The van der Waals surface area contributed by atoms with Gasteiger partial charge in [0.15, 0.2) is 5.03 Å². The van der Waals surface area contributed by atoms with Crippen molar-refractivity contribution >= 4 is 27.6 Å². The first kappa shape index (κ1) is 26.3. The van der Waals surface area contributed by atoms with Crippen LogP contribution in [0.15, 0.2) is 53.7 Å². The van der Waals surface area contributed by atoms with Crippen LogP contribution in [0.5, 0.6) is 5.88 Å². The van der Waals surface area contributed by atoms with Crippen molar-refractivity contribution in [3.05, 3.63) is 54.2 Å². The minimum Gasteiger partial charge on any atom is -0.475 e. The van der Waals surface area contributed by atoms with Crippen LogP contribution in [0.3, 0.4) is 0 Å². The molecule has 0 bridgehead atoms. The van der Waals surface area contributed by atoms with Crippen molar-refractivity contribution in [2.24, 2.45) is 5.41 Å². The van der Waals surface area contributed by atoms with E-state index >= 15 is 0 Å². The monoisotopic (exact) mass is 524 g/mol. The zero-order valence-electron chi connectivity index (χ0n) is 21.4. The third-order valence-corrected chi connectivity index (χ3v) is 7.40. The maximum absolute atomic E-state index is 13.3. The molecule has 0 spiro atoms. The molecule has 4 rings (SSSR count). The Bertz CT molecular complexity index is 1380. The summed E-state index contributed by atoms with van der Waals surface area (Å²) in [7, 11) is -4.23. The smallest absolute Gasteiger partial charge is 0.281 e. The number of rotatable bonds is 7. The van der Waals surface area contributed by atoms with Crippen LogP contribution < -0.4 is 20.1 Å². The summed E-state index contributed by atoms with van der Waals surface area (Å²) in [6, 6.07) is 11.1. The number of nitrogen functional groups attached to an aromatic ring is 1. The van der Waals surface area contributed by atoms with Crippen molar-refractivity contribution in [3.8, 4) is 17.1 Å². The molecule has 3 N–H and O–H groups in total. The van der Waals surface area contributed by atoms with Gasteiger partial charge in [0, 0.05) is 30.9 Å². The Morgan fingerprint density at radius 3 is 2.43 bits per heavy atom. The minimum atomic E-state index is -4.23. The Balaban J connectivity index is 1.68. The van der Waals surface area contributed by atoms with Gasteiger partial charge < -0.3 is 15.4 Å². The summed E-state index contributed by atoms with van der Waals surface area (Å²) < 4.78 is 33.4. The molecule has 196 valence electrons. The fourth-order valence-corrected chi connectivity index (χ4v) is 4.95. The fourth-order valence-electron chi connectivity index (χ4n) is 4.00. The van der Waals surface area contributed by atoms with Gasteiger partial charge in [-0.15, -0.1) is 0 Å². The SMILES string of the molecule is CC(C)Oc1ccc(-c2ccc(C(=O)NS(=O)(=O)c3cccc(N)n3)c(N3CCC(C)(C)CC3)n2)cn1. The number of hydrogen-bond donors (Lipinski definition) is 2. The van der Waals surface area contributed by atoms with Gasteiger partial charge in [-0.1, -0.05) is 19.9 Å². The Kier molecular flexibility index (Phi) is 7.35. The molecular weight excluding hydrogens is 492 g/mol. The summed E-state index contributed by atoms with van der Waals surface area (Å²) >= 11 is 0. The lowest BCUT2D eigenvalue weighted by Crippen LogP contribution is -2.40. The number of anilines is 2. The number of sulfonamides is 1. The van der Waals surface area contributed by atoms with Crippen LogP contribution in [0, 0.1) is 5.41 Å². The highest BCUT2D eigenvalue weighted by Gasteiger charge is 2.30. The minimum absolute atomic E-state index is 0.00281. The molecule has 4 heterocycles. The van der Waals surface area contributed by atoms with E-state index in [1.165, 1.54) is 18.2 Å². The van der Waals surface area contributed by atoms with Gasteiger partial charge in [-0.25, -0.2) is 19.7 Å². The largest absolute Gasteiger partial charge is 0.475 e. The summed E-state index contributed by atoms with van der Waals surface area (Å²) in [4.78, 5) is 28.3. The fraction of sp³-hybridized carbons (Fsp3) is 0.385. The second kappa shape index (κ2) is 10.3. The zero-order valence-corrected chi connectivity index (χ0v) is 22.2. The number of ether oxygens (including phenoxy) is 1. The van der Waals surface area contributed by atoms with Crippen molar-refractivity contribution in [2.45, 2.75) is 51.7 Å². The molecule has 0 atom stereocenters. The van der Waals surface area contributed by atoms with Crippen LogP contribution in [0.25, 0.3) is 11.3 Å². The molecule has 10 nitrogen and oxygen atoms in total. The molecule has 0 radical (unpaired) electrons. The van der Waals surface area contributed by atoms with Crippen molar-refractivity contribution in [1.82, 2.24) is 19.7 Å². The van der Waals surface area contributed by atoms with E-state index in [1.54, 1.807) is 24.4 Å². The summed E-state index contributed by atoms with van der Waals surface area (Å²) in [5, 5.41) is -0.332. The number of carbonyl (C=O) groups is 1. The molecule has 11 heteroatoms. The maximum atomic E-state index is 13.3. The molecule has 0 saturated carbocycles. The van der Waals surface area contributed by atoms with Crippen molar-refractivity contribution in [3.63, 3.8) is 0 Å². The normalized spacial score (nSPS) is 15.4. The van der Waals surface area contributed by atoms with Crippen molar-refractivity contribution in [2.75, 3.05) is 23.7 Å². The lowest BCUT2D eigenvalue weighted by Gasteiger charge is -2.38. The number of aromatic nitrogens is 3. The van der Waals surface area contributed by atoms with E-state index in [1.807, 2.05) is 24.8 Å². The number of amides is 1. The van der Waals surface area contributed by atoms with Gasteiger partial charge in [0.25, 0.3) is 15.9 Å². The van der Waals surface area contributed by atoms with Crippen molar-refractivity contribution < 1.29 is 17.9 Å². The number of piperidine rings is 1. The van der Waals surface area contributed by atoms with E-state index in [-0.39, 0.29) is 27.9 Å². The van der Waals surface area contributed by atoms with Gasteiger partial charge >= 0.3 is 0 Å². The van der Waals surface area contributed by atoms with Gasteiger partial charge in [-0.3, -0.25) is 4.79 Å². The predicted octanol–water partition coefficient (Wildman–Crippen LogP) is 3.65. The molecule has 0 aromatic carbocycles. The molecule has 37 heavy (non-hydrogen) atoms. The summed E-state index contributed by atoms with van der Waals surface area (Å²) in [6.07, 6.45) is 3.49. The number of pyridine rings is 3. The average Bonchev–Trinajstić information content (AvgIpc) is 2.83. The van der Waals surface area contributed by atoms with Gasteiger partial charge in [-0.05, 0) is 62.4 Å². The molecule has 0 aliphatic carbocycles. The molecule has 0 unspecified atom stereocenters. The second-order valence-corrected chi connectivity index (χ2v) is 11.7. The van der Waals surface area contributed by atoms with Gasteiger partial charge in [0.05, 0.1) is 17.4 Å². The first-order valence-electron chi connectivity index (χ1n) is 12.1. The lowest BCUT2D eigenvalue weighted by molar-refractivity contribution is 0.0981. The van der Waals surface area contributed by atoms with E-state index in [4.69, 9.17) is 15.5 Å². The molecule has 3 aromatic rings. The average molecular weight is 525 g/mol. The van der Waals surface area contributed by atoms with E-state index in [2.05, 4.69) is 28.5 Å². The van der Waals surface area contributed by atoms with E-state index in [0.717, 1.165) is 18.4 Å². The van der Waals surface area contributed by atoms with Crippen LogP contribution in [-0.4, -0.2) is 48.5 Å². The summed E-state index contributed by atoms with van der Waals surface area (Å²) in [5.74, 6) is 0.177. The first-order valence-corrected chi connectivity index (χ1v) is 13.6. The molecule has 1 saturated heterocycles. The topological polar surface area (TPSA) is 140 Å². The number of nitrogens with two attached hydrogens (primary N) is 1. The molecule has 1 fully saturated rings. The maximum Gasteiger partial charge on any atom is 0.281 e. The zero-order chi connectivity index (χ0) is 26.8. The van der Waals surface area contributed by atoms with Crippen LogP contribution in [-0.2, 0) is 10.0 Å². The van der Waals surface area contributed by atoms with Crippen LogP contribution in [0.1, 0.15) is 50.9 Å². The predicted molar refractivity (Wildman–Crippen MR) is 142 cm³/mol. The summed E-state index contributed by atoms with van der Waals surface area (Å²) in [6.45, 7) is 9.64. The third kappa shape index (κ3) is 6.34. The third-order valence-electron chi connectivity index (χ3n) is 6.17. The van der Waals surface area contributed by atoms with E-state index < -0.39 is 15.9 Å². The molecule has 1 aliphatic heterocycles. The number of nitrogens with one attached hydrogen (secondary N) is 1. The van der Waals surface area contributed by atoms with Gasteiger partial charge in [0.2, 0.25) is 5.88 Å². The lowest BCUT2D eigenvalue weighted by atomic mass is 9.82. The Labute approximate surface area is 217 Å². The number of carbonyl (C=O) groups excluding carboxylic acids is 1. The second-order valence-electron chi connectivity index (χ2n) is 10.1. The van der Waals surface area contributed by atoms with E-state index in [0.29, 0.717) is 30.5 Å². The molecular formula is C26H32N6O4S. The number of nitrogens with zero attached hydrogens (tertiary/aromatic N) is 4. The van der Waals surface area contributed by atoms with Gasteiger partial charge in [0.1, 0.15) is 11.6 Å². The standard InChI is InChI=1S/C26H32N6O4S/c1-17(2)36-22-11-8-18(16-28-22)20-10-9-19(24(29-20)32-14-12-26(3,4)13-15-32)25(33)31-37(34,35)23-7-5-6-21(27)30-23/h5-11,16-17H,12-15H2,1-4H3,(H2,27,30)(H,31,33). The Hall–Kier alpha value is -3.73.